The van der Waals surface area contributed by atoms with Gasteiger partial charge in [-0.1, -0.05) is 104 Å². The molecule has 0 saturated heterocycles. The van der Waals surface area contributed by atoms with E-state index in [-0.39, 0.29) is 79.6 Å². The van der Waals surface area contributed by atoms with Crippen LogP contribution in [-0.2, 0) is 0 Å². The van der Waals surface area contributed by atoms with Gasteiger partial charge in [-0.3, -0.25) is 0 Å². The zero-order valence-corrected chi connectivity index (χ0v) is 21.4. The lowest BCUT2D eigenvalue weighted by Crippen LogP contribution is -1.97. The summed E-state index contributed by atoms with van der Waals surface area (Å²) >= 11 is 55.7. The van der Waals surface area contributed by atoms with Crippen molar-refractivity contribution in [3.63, 3.8) is 0 Å². The molecule has 3 rings (SSSR count). The first kappa shape index (κ1) is 25.1. The summed E-state index contributed by atoms with van der Waals surface area (Å²) < 4.78 is 11.5. The highest BCUT2D eigenvalue weighted by atomic mass is 35.5. The highest BCUT2D eigenvalue weighted by molar-refractivity contribution is 6.46. The predicted octanol–water partition coefficient (Wildman–Crippen LogP) is 10.3. The smallest absolute Gasteiger partial charge is 0.170 e. The number of nitrogens with two attached hydrogens (primary N) is 2. The van der Waals surface area contributed by atoms with E-state index in [0.717, 1.165) is 0 Å². The van der Waals surface area contributed by atoms with Gasteiger partial charge >= 0.3 is 0 Å². The summed E-state index contributed by atoms with van der Waals surface area (Å²) in [6.07, 6.45) is 0. The van der Waals surface area contributed by atoms with Crippen LogP contribution in [0.5, 0.6) is 23.0 Å². The van der Waals surface area contributed by atoms with Crippen molar-refractivity contribution in [3.8, 4) is 23.0 Å². The van der Waals surface area contributed by atoms with Gasteiger partial charge in [0.1, 0.15) is 20.1 Å². The Bertz CT molecular complexity index is 1220. The van der Waals surface area contributed by atoms with Gasteiger partial charge in [-0.05, 0) is 12.1 Å². The molecule has 4 N–H and O–H groups in total. The average Bonchev–Trinajstić information content (AvgIpc) is 2.71. The van der Waals surface area contributed by atoms with E-state index in [4.69, 9.17) is 125 Å². The van der Waals surface area contributed by atoms with E-state index in [2.05, 4.69) is 0 Å². The van der Waals surface area contributed by atoms with E-state index in [1.54, 1.807) is 0 Å². The van der Waals surface area contributed by atoms with Gasteiger partial charge in [0.05, 0.1) is 36.5 Å². The molecule has 0 aromatic heterocycles. The number of hydrogen-bond donors (Lipinski definition) is 2. The van der Waals surface area contributed by atoms with Crippen LogP contribution in [0, 0.1) is 0 Å². The van der Waals surface area contributed by atoms with E-state index in [1.807, 2.05) is 0 Å². The van der Waals surface area contributed by atoms with Crippen molar-refractivity contribution in [2.45, 2.75) is 0 Å². The van der Waals surface area contributed by atoms with Gasteiger partial charge in [0.2, 0.25) is 0 Å². The Morgan fingerprint density at radius 2 is 0.903 bits per heavy atom. The first-order valence-corrected chi connectivity index (χ1v) is 11.2. The summed E-state index contributed by atoms with van der Waals surface area (Å²) in [5, 5.41) is 0.209. The van der Waals surface area contributed by atoms with Crippen molar-refractivity contribution >= 4 is 116 Å². The molecule has 0 aliphatic heterocycles. The van der Waals surface area contributed by atoms with Crippen LogP contribution in [0.2, 0.25) is 45.2 Å². The molecule has 0 aliphatic rings. The largest absolute Gasteiger partial charge is 0.452 e. The minimum Gasteiger partial charge on any atom is -0.452 e. The Kier molecular flexibility index (Phi) is 7.90. The number of rotatable bonds is 4. The van der Waals surface area contributed by atoms with E-state index >= 15 is 0 Å². The summed E-state index contributed by atoms with van der Waals surface area (Å²) in [6.45, 7) is 0. The zero-order chi connectivity index (χ0) is 23.2. The van der Waals surface area contributed by atoms with Crippen LogP contribution in [0.1, 0.15) is 0 Å². The molecule has 0 radical (unpaired) electrons. The average molecular weight is 602 g/mol. The summed E-state index contributed by atoms with van der Waals surface area (Å²) in [6, 6.07) is 4.04. The molecular weight excluding hydrogens is 595 g/mol. The molecule has 13 heteroatoms. The molecule has 0 amide bonds. The molecule has 0 spiro atoms. The molecule has 0 heterocycles. The maximum absolute atomic E-state index is 6.46. The van der Waals surface area contributed by atoms with Crippen LogP contribution in [0.4, 0.5) is 11.4 Å². The van der Waals surface area contributed by atoms with Gasteiger partial charge in [0.15, 0.2) is 23.0 Å². The van der Waals surface area contributed by atoms with Crippen LogP contribution in [0.3, 0.4) is 0 Å². The van der Waals surface area contributed by atoms with Gasteiger partial charge in [0.25, 0.3) is 0 Å². The monoisotopic (exact) mass is 598 g/mol. The van der Waals surface area contributed by atoms with Gasteiger partial charge in [-0.2, -0.15) is 0 Å². The van der Waals surface area contributed by atoms with Crippen LogP contribution < -0.4 is 20.9 Å². The normalized spacial score (nSPS) is 11.0. The number of halogens is 9. The lowest BCUT2D eigenvalue weighted by molar-refractivity contribution is 0.462. The second kappa shape index (κ2) is 9.76. The van der Waals surface area contributed by atoms with Crippen molar-refractivity contribution in [1.29, 1.82) is 0 Å². The van der Waals surface area contributed by atoms with E-state index in [0.29, 0.717) is 0 Å². The summed E-state index contributed by atoms with van der Waals surface area (Å²) in [5.74, 6) is -0.186. The molecule has 0 aliphatic carbocycles. The Morgan fingerprint density at radius 3 is 1.39 bits per heavy atom. The SMILES string of the molecule is Nc1c(Cl)cc(Cl)c(Oc2cc(Cl)c(Cl)c(Oc3c(Cl)cc(Cl)c(N)c3Cl)c2Cl)c1Cl. The van der Waals surface area contributed by atoms with Gasteiger partial charge < -0.3 is 20.9 Å². The van der Waals surface area contributed by atoms with Crippen molar-refractivity contribution in [2.75, 3.05) is 11.5 Å². The molecular formula is C18H7Cl9N2O2. The molecule has 3 aromatic rings. The second-order valence-electron chi connectivity index (χ2n) is 5.81. The van der Waals surface area contributed by atoms with Gasteiger partial charge in [0, 0.05) is 6.07 Å². The number of ether oxygens (including phenoxy) is 2. The standard InChI is InChI=1S/C18H7Cl9N2O2/c19-4-3-9(30-16-7(22)1-5(20)14(28)12(16)26)11(25)18(10(4)24)31-17-8(23)2-6(21)15(29)13(17)27/h1-3H,28-29H2. The molecule has 0 atom stereocenters. The topological polar surface area (TPSA) is 70.5 Å². The molecule has 0 bridgehead atoms. The molecule has 0 saturated carbocycles. The molecule has 0 fully saturated rings. The van der Waals surface area contributed by atoms with E-state index in [1.165, 1.54) is 18.2 Å². The fraction of sp³-hybridized carbons (Fsp3) is 0. The molecule has 4 nitrogen and oxygen atoms in total. The number of nitrogen functional groups attached to an aromatic ring is 2. The van der Waals surface area contributed by atoms with Crippen molar-refractivity contribution in [1.82, 2.24) is 0 Å². The van der Waals surface area contributed by atoms with Crippen LogP contribution in [-0.4, -0.2) is 0 Å². The van der Waals surface area contributed by atoms with E-state index < -0.39 is 0 Å². The third-order valence-corrected chi connectivity index (χ3v) is 6.89. The minimum absolute atomic E-state index is 0.00855. The molecule has 3 aromatic carbocycles. The Balaban J connectivity index is 2.13. The molecule has 0 unspecified atom stereocenters. The molecule has 31 heavy (non-hydrogen) atoms. The lowest BCUT2D eigenvalue weighted by atomic mass is 10.2. The van der Waals surface area contributed by atoms with Crippen molar-refractivity contribution in [2.24, 2.45) is 0 Å². The van der Waals surface area contributed by atoms with E-state index in [9.17, 15) is 0 Å². The second-order valence-corrected chi connectivity index (χ2v) is 9.36. The number of anilines is 2. The summed E-state index contributed by atoms with van der Waals surface area (Å²) in [7, 11) is 0. The first-order valence-electron chi connectivity index (χ1n) is 7.83. The van der Waals surface area contributed by atoms with Crippen LogP contribution in [0.15, 0.2) is 18.2 Å². The summed E-state index contributed by atoms with van der Waals surface area (Å²) in [5.41, 5.74) is 11.8. The highest BCUT2D eigenvalue weighted by Crippen LogP contribution is 2.52. The minimum atomic E-state index is -0.120. The maximum atomic E-state index is 6.46. The third kappa shape index (κ3) is 4.89. The van der Waals surface area contributed by atoms with Gasteiger partial charge in [-0.15, -0.1) is 0 Å². The van der Waals surface area contributed by atoms with Crippen molar-refractivity contribution in [3.05, 3.63) is 63.4 Å². The fourth-order valence-electron chi connectivity index (χ4n) is 2.29. The number of hydrogen-bond acceptors (Lipinski definition) is 4. The fourth-order valence-corrected chi connectivity index (χ4v) is 4.62. The van der Waals surface area contributed by atoms with Gasteiger partial charge in [-0.25, -0.2) is 0 Å². The van der Waals surface area contributed by atoms with Crippen LogP contribution in [0.25, 0.3) is 0 Å². The maximum Gasteiger partial charge on any atom is 0.170 e. The van der Waals surface area contributed by atoms with Crippen LogP contribution >= 0.6 is 104 Å². The number of benzene rings is 3. The highest BCUT2D eigenvalue weighted by Gasteiger charge is 2.24. The first-order chi connectivity index (χ1) is 14.4. The predicted molar refractivity (Wildman–Crippen MR) is 133 cm³/mol. The lowest BCUT2D eigenvalue weighted by Gasteiger charge is -2.18. The Morgan fingerprint density at radius 1 is 0.452 bits per heavy atom. The quantitative estimate of drug-likeness (QED) is 0.230. The zero-order valence-electron chi connectivity index (χ0n) is 14.6. The van der Waals surface area contributed by atoms with Crippen molar-refractivity contribution < 1.29 is 9.47 Å². The molecule has 164 valence electrons. The summed E-state index contributed by atoms with van der Waals surface area (Å²) in [4.78, 5) is 0. The third-order valence-electron chi connectivity index (χ3n) is 3.83. The Labute approximate surface area is 221 Å². The Hall–Kier alpha value is -0.530.